The number of aliphatic hydroxyl groups excluding tert-OH is 4. The standard InChI is InChI=1S/C13H19NO5S/c14-8-3-1-7(2-4-8)6-20-13-12(18)11(17)10(16)9(5-15)19-13/h1-4,9-13,15-18H,5-6,14H2/t9-,10+,11+,12-,13+/m1/s1. The molecule has 0 spiro atoms. The van der Waals surface area contributed by atoms with Gasteiger partial charge in [-0.25, -0.2) is 0 Å². The first-order valence-corrected chi connectivity index (χ1v) is 7.34. The van der Waals surface area contributed by atoms with Gasteiger partial charge in [-0.05, 0) is 17.7 Å². The van der Waals surface area contributed by atoms with Gasteiger partial charge in [-0.2, -0.15) is 0 Å². The minimum atomic E-state index is -1.33. The molecule has 1 fully saturated rings. The Morgan fingerprint density at radius 3 is 2.30 bits per heavy atom. The van der Waals surface area contributed by atoms with E-state index in [2.05, 4.69) is 0 Å². The summed E-state index contributed by atoms with van der Waals surface area (Å²) in [6.45, 7) is -0.413. The van der Waals surface area contributed by atoms with Gasteiger partial charge in [0, 0.05) is 11.4 Å². The molecule has 6 N–H and O–H groups in total. The van der Waals surface area contributed by atoms with Crippen LogP contribution in [0.4, 0.5) is 5.69 Å². The Morgan fingerprint density at radius 1 is 1.05 bits per heavy atom. The van der Waals surface area contributed by atoms with Gasteiger partial charge in [0.05, 0.1) is 6.61 Å². The van der Waals surface area contributed by atoms with Gasteiger partial charge in [0.2, 0.25) is 0 Å². The van der Waals surface area contributed by atoms with E-state index >= 15 is 0 Å². The lowest BCUT2D eigenvalue weighted by molar-refractivity contribution is -0.205. The molecule has 0 aromatic heterocycles. The Kier molecular flexibility index (Phi) is 5.25. The molecule has 5 atom stereocenters. The Hall–Kier alpha value is -0.830. The SMILES string of the molecule is Nc1ccc(CS[C@@H]2O[C@H](CO)[C@H](O)[C@H](O)[C@H]2O)cc1. The lowest BCUT2D eigenvalue weighted by atomic mass is 10.0. The van der Waals surface area contributed by atoms with Crippen molar-refractivity contribution in [2.24, 2.45) is 0 Å². The number of aliphatic hydroxyl groups is 4. The van der Waals surface area contributed by atoms with E-state index in [0.29, 0.717) is 11.4 Å². The zero-order chi connectivity index (χ0) is 14.7. The molecule has 0 radical (unpaired) electrons. The number of hydrogen-bond donors (Lipinski definition) is 5. The first-order chi connectivity index (χ1) is 9.52. The predicted octanol–water partition coefficient (Wildman–Crippen LogP) is -0.698. The summed E-state index contributed by atoms with van der Waals surface area (Å²) in [4.78, 5) is 0. The average molecular weight is 301 g/mol. The van der Waals surface area contributed by atoms with Crippen molar-refractivity contribution in [2.45, 2.75) is 35.6 Å². The minimum absolute atomic E-state index is 0.413. The van der Waals surface area contributed by atoms with E-state index in [-0.39, 0.29) is 0 Å². The predicted molar refractivity (Wildman–Crippen MR) is 75.9 cm³/mol. The van der Waals surface area contributed by atoms with Gasteiger partial charge in [0.25, 0.3) is 0 Å². The van der Waals surface area contributed by atoms with Gasteiger partial charge in [-0.15, -0.1) is 11.8 Å². The fraction of sp³-hybridized carbons (Fsp3) is 0.538. The molecular formula is C13H19NO5S. The highest BCUT2D eigenvalue weighted by molar-refractivity contribution is 7.99. The van der Waals surface area contributed by atoms with Crippen LogP contribution in [0.15, 0.2) is 24.3 Å². The van der Waals surface area contributed by atoms with Crippen LogP contribution < -0.4 is 5.73 Å². The van der Waals surface area contributed by atoms with E-state index in [9.17, 15) is 15.3 Å². The van der Waals surface area contributed by atoms with E-state index in [4.69, 9.17) is 15.6 Å². The molecule has 1 aromatic rings. The third-order valence-corrected chi connectivity index (χ3v) is 4.46. The number of anilines is 1. The number of nitrogens with two attached hydrogens (primary N) is 1. The van der Waals surface area contributed by atoms with Crippen LogP contribution in [-0.4, -0.2) is 56.9 Å². The van der Waals surface area contributed by atoms with E-state index in [1.165, 1.54) is 11.8 Å². The summed E-state index contributed by atoms with van der Waals surface area (Å²) in [5.41, 5.74) is 6.57. The van der Waals surface area contributed by atoms with Crippen LogP contribution in [0.25, 0.3) is 0 Å². The van der Waals surface area contributed by atoms with Gasteiger partial charge >= 0.3 is 0 Å². The molecule has 1 heterocycles. The Labute approximate surface area is 121 Å². The second-order valence-corrected chi connectivity index (χ2v) is 5.84. The van der Waals surface area contributed by atoms with Gasteiger partial charge < -0.3 is 30.9 Å². The largest absolute Gasteiger partial charge is 0.399 e. The van der Waals surface area contributed by atoms with Crippen molar-refractivity contribution in [3.05, 3.63) is 29.8 Å². The first-order valence-electron chi connectivity index (χ1n) is 6.29. The fourth-order valence-electron chi connectivity index (χ4n) is 2.00. The van der Waals surface area contributed by atoms with Crippen molar-refractivity contribution in [3.63, 3.8) is 0 Å². The lowest BCUT2D eigenvalue weighted by Crippen LogP contribution is -2.57. The molecule has 1 aliphatic rings. The first kappa shape index (κ1) is 15.6. The highest BCUT2D eigenvalue weighted by Gasteiger charge is 2.43. The molecule has 0 amide bonds. The summed E-state index contributed by atoms with van der Waals surface area (Å²) >= 11 is 1.29. The number of hydrogen-bond acceptors (Lipinski definition) is 7. The third-order valence-electron chi connectivity index (χ3n) is 3.24. The summed E-state index contributed by atoms with van der Waals surface area (Å²) in [5, 5.41) is 38.3. The van der Waals surface area contributed by atoms with Crippen LogP contribution in [0.3, 0.4) is 0 Å². The summed E-state index contributed by atoms with van der Waals surface area (Å²) in [7, 11) is 0. The fourth-order valence-corrected chi connectivity index (χ4v) is 3.13. The summed E-state index contributed by atoms with van der Waals surface area (Å²) in [5.74, 6) is 0.559. The quantitative estimate of drug-likeness (QED) is 0.467. The number of rotatable bonds is 4. The number of nitrogen functional groups attached to an aromatic ring is 1. The number of ether oxygens (including phenoxy) is 1. The zero-order valence-electron chi connectivity index (χ0n) is 10.8. The monoisotopic (exact) mass is 301 g/mol. The maximum Gasteiger partial charge on any atom is 0.132 e. The maximum absolute atomic E-state index is 9.89. The molecule has 0 bridgehead atoms. The zero-order valence-corrected chi connectivity index (χ0v) is 11.6. The van der Waals surface area contributed by atoms with Crippen LogP contribution in [0.5, 0.6) is 0 Å². The van der Waals surface area contributed by atoms with Crippen molar-refractivity contribution in [2.75, 3.05) is 12.3 Å². The molecule has 20 heavy (non-hydrogen) atoms. The van der Waals surface area contributed by atoms with Crippen LogP contribution >= 0.6 is 11.8 Å². The van der Waals surface area contributed by atoms with Crippen molar-refractivity contribution < 1.29 is 25.2 Å². The van der Waals surface area contributed by atoms with Crippen molar-refractivity contribution >= 4 is 17.4 Å². The topological polar surface area (TPSA) is 116 Å². The van der Waals surface area contributed by atoms with Crippen LogP contribution in [-0.2, 0) is 10.5 Å². The molecule has 1 saturated heterocycles. The maximum atomic E-state index is 9.89. The van der Waals surface area contributed by atoms with Crippen molar-refractivity contribution in [1.29, 1.82) is 0 Å². The molecule has 112 valence electrons. The molecule has 7 heteroatoms. The highest BCUT2D eigenvalue weighted by Crippen LogP contribution is 2.30. The molecular weight excluding hydrogens is 282 g/mol. The van der Waals surface area contributed by atoms with E-state index in [1.54, 1.807) is 12.1 Å². The Morgan fingerprint density at radius 2 is 1.70 bits per heavy atom. The van der Waals surface area contributed by atoms with Crippen LogP contribution in [0.2, 0.25) is 0 Å². The second kappa shape index (κ2) is 6.75. The summed E-state index contributed by atoms with van der Waals surface area (Å²) < 4.78 is 5.40. The molecule has 6 nitrogen and oxygen atoms in total. The third kappa shape index (κ3) is 3.43. The lowest BCUT2D eigenvalue weighted by Gasteiger charge is -2.39. The Bertz CT molecular complexity index is 427. The number of thioether (sulfide) groups is 1. The normalized spacial score (nSPS) is 34.1. The minimum Gasteiger partial charge on any atom is -0.399 e. The molecule has 1 aliphatic heterocycles. The molecule has 2 rings (SSSR count). The number of benzene rings is 1. The van der Waals surface area contributed by atoms with E-state index in [0.717, 1.165) is 5.56 Å². The Balaban J connectivity index is 1.95. The van der Waals surface area contributed by atoms with Gasteiger partial charge in [0.15, 0.2) is 0 Å². The van der Waals surface area contributed by atoms with E-state index in [1.807, 2.05) is 12.1 Å². The molecule has 1 aromatic carbocycles. The smallest absolute Gasteiger partial charge is 0.132 e. The second-order valence-electron chi connectivity index (χ2n) is 4.75. The molecule has 0 saturated carbocycles. The van der Waals surface area contributed by atoms with Gasteiger partial charge in [0.1, 0.15) is 29.9 Å². The molecule has 0 unspecified atom stereocenters. The van der Waals surface area contributed by atoms with Gasteiger partial charge in [-0.1, -0.05) is 12.1 Å². The summed E-state index contributed by atoms with van der Waals surface area (Å²) in [6.07, 6.45) is -4.71. The van der Waals surface area contributed by atoms with Crippen LogP contribution in [0.1, 0.15) is 5.56 Å². The van der Waals surface area contributed by atoms with E-state index < -0.39 is 36.5 Å². The average Bonchev–Trinajstić information content (AvgIpc) is 2.46. The van der Waals surface area contributed by atoms with Crippen LogP contribution in [0, 0.1) is 0 Å². The highest BCUT2D eigenvalue weighted by atomic mass is 32.2. The molecule has 0 aliphatic carbocycles. The summed E-state index contributed by atoms with van der Waals surface area (Å²) in [6, 6.07) is 7.30. The van der Waals surface area contributed by atoms with Crippen molar-refractivity contribution in [3.8, 4) is 0 Å². The van der Waals surface area contributed by atoms with Gasteiger partial charge in [-0.3, -0.25) is 0 Å². The van der Waals surface area contributed by atoms with Crippen molar-refractivity contribution in [1.82, 2.24) is 0 Å².